The lowest BCUT2D eigenvalue weighted by Gasteiger charge is -2.30. The number of sulfonamides is 1. The summed E-state index contributed by atoms with van der Waals surface area (Å²) >= 11 is 6.36. The first-order chi connectivity index (χ1) is 15.5. The summed E-state index contributed by atoms with van der Waals surface area (Å²) in [5.41, 5.74) is 2.14. The monoisotopic (exact) mass is 493 g/mol. The van der Waals surface area contributed by atoms with Crippen molar-refractivity contribution in [2.45, 2.75) is 38.8 Å². The summed E-state index contributed by atoms with van der Waals surface area (Å²) in [7, 11) is -3.21. The third-order valence-corrected chi connectivity index (χ3v) is 7.33. The van der Waals surface area contributed by atoms with Gasteiger partial charge >= 0.3 is 0 Å². The molecule has 0 bridgehead atoms. The number of hydrogen-bond donors (Lipinski definition) is 2. The molecule has 1 unspecified atom stereocenters. The highest BCUT2D eigenvalue weighted by molar-refractivity contribution is 7.88. The lowest BCUT2D eigenvalue weighted by Crippen LogP contribution is -2.42. The Labute approximate surface area is 196 Å². The van der Waals surface area contributed by atoms with Crippen LogP contribution in [0.4, 0.5) is 10.3 Å². The summed E-state index contributed by atoms with van der Waals surface area (Å²) in [4.78, 5) is 13.0. The minimum atomic E-state index is -3.21. The zero-order valence-corrected chi connectivity index (χ0v) is 20.1. The van der Waals surface area contributed by atoms with E-state index < -0.39 is 21.9 Å². The van der Waals surface area contributed by atoms with Crippen LogP contribution in [0.15, 0.2) is 24.4 Å². The van der Waals surface area contributed by atoms with Gasteiger partial charge in [0.1, 0.15) is 11.3 Å². The molecule has 8 nitrogen and oxygen atoms in total. The second-order valence-corrected chi connectivity index (χ2v) is 10.7. The molecule has 1 aliphatic rings. The topological polar surface area (TPSA) is 108 Å². The molecule has 176 valence electrons. The molecule has 3 aromatic rings. The van der Waals surface area contributed by atoms with Crippen LogP contribution in [0, 0.1) is 12.7 Å². The van der Waals surface area contributed by atoms with Crippen molar-refractivity contribution in [2.75, 3.05) is 24.7 Å². The minimum Gasteiger partial charge on any atom is -0.389 e. The van der Waals surface area contributed by atoms with E-state index in [0.29, 0.717) is 59.8 Å². The molecule has 4 rings (SSSR count). The summed E-state index contributed by atoms with van der Waals surface area (Å²) in [5, 5.41) is 14.2. The molecule has 3 heterocycles. The first kappa shape index (κ1) is 23.7. The summed E-state index contributed by atoms with van der Waals surface area (Å²) in [6, 6.07) is 4.77. The molecule has 1 atom stereocenters. The summed E-state index contributed by atoms with van der Waals surface area (Å²) < 4.78 is 39.9. The van der Waals surface area contributed by atoms with E-state index in [0.717, 1.165) is 0 Å². The zero-order valence-electron chi connectivity index (χ0n) is 18.5. The van der Waals surface area contributed by atoms with Gasteiger partial charge in [0.25, 0.3) is 0 Å². The predicted molar refractivity (Wildman–Crippen MR) is 126 cm³/mol. The van der Waals surface area contributed by atoms with Gasteiger partial charge in [-0.2, -0.15) is 0 Å². The second-order valence-electron chi connectivity index (χ2n) is 8.35. The molecule has 1 fully saturated rings. The Hall–Kier alpha value is -2.40. The van der Waals surface area contributed by atoms with Crippen molar-refractivity contribution in [3.8, 4) is 11.3 Å². The van der Waals surface area contributed by atoms with Crippen LogP contribution in [0.2, 0.25) is 5.02 Å². The van der Waals surface area contributed by atoms with Gasteiger partial charge in [-0.3, -0.25) is 4.98 Å². The number of benzene rings is 1. The highest BCUT2D eigenvalue weighted by Crippen LogP contribution is 2.33. The molecule has 33 heavy (non-hydrogen) atoms. The smallest absolute Gasteiger partial charge is 0.223 e. The molecule has 2 N–H and O–H groups in total. The number of hydrogen-bond acceptors (Lipinski definition) is 7. The summed E-state index contributed by atoms with van der Waals surface area (Å²) in [5.74, 6) is -0.212. The molecule has 0 spiro atoms. The Bertz CT molecular complexity index is 1310. The zero-order chi connectivity index (χ0) is 23.9. The molecule has 0 amide bonds. The van der Waals surface area contributed by atoms with Gasteiger partial charge in [0.15, 0.2) is 0 Å². The van der Waals surface area contributed by atoms with E-state index in [2.05, 4.69) is 20.3 Å². The Balaban J connectivity index is 1.66. The Morgan fingerprint density at radius 3 is 2.58 bits per heavy atom. The van der Waals surface area contributed by atoms with Gasteiger partial charge in [-0.15, -0.1) is 0 Å². The van der Waals surface area contributed by atoms with Crippen molar-refractivity contribution < 1.29 is 17.9 Å². The molecule has 1 aliphatic heterocycles. The van der Waals surface area contributed by atoms with E-state index in [1.54, 1.807) is 26.0 Å². The van der Waals surface area contributed by atoms with E-state index in [1.165, 1.54) is 22.8 Å². The van der Waals surface area contributed by atoms with Gasteiger partial charge in [-0.1, -0.05) is 11.6 Å². The fraction of sp³-hybridized carbons (Fsp3) is 0.409. The molecule has 0 radical (unpaired) electrons. The fourth-order valence-corrected chi connectivity index (χ4v) is 5.15. The van der Waals surface area contributed by atoms with Gasteiger partial charge in [0, 0.05) is 35.8 Å². The van der Waals surface area contributed by atoms with Gasteiger partial charge < -0.3 is 10.4 Å². The van der Waals surface area contributed by atoms with Gasteiger partial charge in [-0.05, 0) is 50.5 Å². The average molecular weight is 494 g/mol. The number of halogens is 2. The Morgan fingerprint density at radius 1 is 1.24 bits per heavy atom. The van der Waals surface area contributed by atoms with Crippen LogP contribution in [0.5, 0.6) is 0 Å². The molecule has 1 saturated heterocycles. The normalized spacial score (nSPS) is 16.8. The van der Waals surface area contributed by atoms with Crippen molar-refractivity contribution in [1.82, 2.24) is 19.3 Å². The number of aliphatic hydroxyl groups is 1. The van der Waals surface area contributed by atoms with Crippen LogP contribution in [0.3, 0.4) is 0 Å². The molecule has 0 aliphatic carbocycles. The number of aromatic nitrogens is 3. The number of rotatable bonds is 5. The Morgan fingerprint density at radius 2 is 1.94 bits per heavy atom. The van der Waals surface area contributed by atoms with E-state index in [9.17, 15) is 17.9 Å². The maximum absolute atomic E-state index is 15.0. The lowest BCUT2D eigenvalue weighted by molar-refractivity contribution is 0.200. The first-order valence-corrected chi connectivity index (χ1v) is 12.8. The van der Waals surface area contributed by atoms with Crippen LogP contribution in [-0.4, -0.2) is 58.2 Å². The Kier molecular flexibility index (Phi) is 6.54. The number of nitrogens with zero attached hydrogens (tertiary/aromatic N) is 4. The van der Waals surface area contributed by atoms with Crippen molar-refractivity contribution >= 4 is 38.5 Å². The second kappa shape index (κ2) is 9.09. The highest BCUT2D eigenvalue weighted by Gasteiger charge is 2.25. The summed E-state index contributed by atoms with van der Waals surface area (Å²) in [6.07, 6.45) is 3.07. The molecular weight excluding hydrogens is 469 g/mol. The van der Waals surface area contributed by atoms with Crippen molar-refractivity contribution in [1.29, 1.82) is 0 Å². The number of aliphatic hydroxyl groups excluding tert-OH is 1. The average Bonchev–Trinajstić information content (AvgIpc) is 2.74. The number of piperidine rings is 1. The highest BCUT2D eigenvalue weighted by atomic mass is 35.5. The maximum Gasteiger partial charge on any atom is 0.223 e. The number of fused-ring (bicyclic) bond motifs is 1. The van der Waals surface area contributed by atoms with Crippen LogP contribution >= 0.6 is 11.6 Å². The van der Waals surface area contributed by atoms with Gasteiger partial charge in [0.2, 0.25) is 16.0 Å². The number of nitrogens with one attached hydrogen (secondary N) is 1. The van der Waals surface area contributed by atoms with Crippen molar-refractivity contribution in [2.24, 2.45) is 0 Å². The first-order valence-electron chi connectivity index (χ1n) is 10.6. The van der Waals surface area contributed by atoms with Crippen LogP contribution < -0.4 is 5.32 Å². The third-order valence-electron chi connectivity index (χ3n) is 5.75. The third kappa shape index (κ3) is 5.08. The summed E-state index contributed by atoms with van der Waals surface area (Å²) in [6.45, 7) is 4.20. The number of anilines is 1. The molecule has 1 aromatic carbocycles. The maximum atomic E-state index is 15.0. The largest absolute Gasteiger partial charge is 0.389 e. The minimum absolute atomic E-state index is 0.000573. The van der Waals surface area contributed by atoms with E-state index in [1.807, 2.05) is 0 Å². The van der Waals surface area contributed by atoms with Crippen molar-refractivity contribution in [3.63, 3.8) is 0 Å². The van der Waals surface area contributed by atoms with Crippen molar-refractivity contribution in [3.05, 3.63) is 46.5 Å². The quantitative estimate of drug-likeness (QED) is 0.558. The molecular formula is C22H25ClFN5O3S. The molecule has 0 saturated carbocycles. The van der Waals surface area contributed by atoms with Gasteiger partial charge in [-0.25, -0.2) is 27.1 Å². The standard InChI is InChI=1S/C22H25ClFN5O3S/c1-12-8-16(13(2)30)17-9-14(10-19(24)21(17)26-12)20-18(23)11-25-22(28-20)27-15-4-6-29(7-5-15)33(3,31)32/h8-11,13,15,30H,4-7H2,1-3H3,(H,25,27,28). The van der Waals surface area contributed by atoms with E-state index in [-0.39, 0.29) is 16.6 Å². The lowest BCUT2D eigenvalue weighted by atomic mass is 10.00. The van der Waals surface area contributed by atoms with Crippen LogP contribution in [0.1, 0.15) is 37.1 Å². The van der Waals surface area contributed by atoms with Crippen LogP contribution in [-0.2, 0) is 10.0 Å². The number of aryl methyl sites for hydroxylation is 1. The predicted octanol–water partition coefficient (Wildman–Crippen LogP) is 3.68. The van der Waals surface area contributed by atoms with Crippen LogP contribution in [0.25, 0.3) is 22.2 Å². The van der Waals surface area contributed by atoms with E-state index in [4.69, 9.17) is 11.6 Å². The number of pyridine rings is 1. The molecule has 2 aromatic heterocycles. The molecule has 11 heteroatoms. The van der Waals surface area contributed by atoms with Gasteiger partial charge in [0.05, 0.1) is 29.3 Å². The SMILES string of the molecule is Cc1cc(C(C)O)c2cc(-c3nc(NC4CCN(S(C)(=O)=O)CC4)ncc3Cl)cc(F)c2n1. The van der Waals surface area contributed by atoms with E-state index >= 15 is 0 Å². The fourth-order valence-electron chi connectivity index (χ4n) is 4.08.